The first-order valence-corrected chi connectivity index (χ1v) is 6.83. The summed E-state index contributed by atoms with van der Waals surface area (Å²) in [5.41, 5.74) is 0.443. The van der Waals surface area contributed by atoms with Gasteiger partial charge in [0.25, 0.3) is 0 Å². The first-order chi connectivity index (χ1) is 9.08. The molecule has 0 heterocycles. The molecule has 2 N–H and O–H groups in total. The number of likely N-dealkylation sites (N-methyl/N-ethyl adjacent to an activating group) is 1. The second kappa shape index (κ2) is 6.06. The van der Waals surface area contributed by atoms with Gasteiger partial charge in [0.1, 0.15) is 0 Å². The van der Waals surface area contributed by atoms with E-state index in [2.05, 4.69) is 4.90 Å². The number of aromatic hydroxyl groups is 2. The van der Waals surface area contributed by atoms with Crippen molar-refractivity contribution in [3.8, 4) is 11.5 Å². The molecule has 19 heavy (non-hydrogen) atoms. The van der Waals surface area contributed by atoms with Gasteiger partial charge in [-0.3, -0.25) is 9.69 Å². The quantitative estimate of drug-likeness (QED) is 0.647. The molecule has 1 aliphatic rings. The number of rotatable bonds is 4. The van der Waals surface area contributed by atoms with Crippen LogP contribution in [0.15, 0.2) is 18.2 Å². The molecule has 1 aromatic rings. The highest BCUT2D eigenvalue weighted by molar-refractivity contribution is 5.98. The van der Waals surface area contributed by atoms with Crippen LogP contribution < -0.4 is 0 Å². The Morgan fingerprint density at radius 2 is 1.89 bits per heavy atom. The minimum atomic E-state index is -0.244. The number of phenols is 2. The number of Topliss-reactive ketones (excluding diaryl/α,β-unsaturated/α-hetero) is 1. The first kappa shape index (κ1) is 13.9. The van der Waals surface area contributed by atoms with Gasteiger partial charge in [0, 0.05) is 11.6 Å². The average molecular weight is 263 g/mol. The minimum absolute atomic E-state index is 0.0247. The Bertz CT molecular complexity index is 453. The van der Waals surface area contributed by atoms with E-state index < -0.39 is 0 Å². The summed E-state index contributed by atoms with van der Waals surface area (Å²) in [7, 11) is 1.98. The summed E-state index contributed by atoms with van der Waals surface area (Å²) in [4.78, 5) is 14.2. The lowest BCUT2D eigenvalue weighted by Crippen LogP contribution is -2.37. The van der Waals surface area contributed by atoms with Crippen LogP contribution in [0, 0.1) is 0 Å². The molecule has 1 saturated carbocycles. The van der Waals surface area contributed by atoms with Crippen LogP contribution in [0.25, 0.3) is 0 Å². The summed E-state index contributed by atoms with van der Waals surface area (Å²) in [6.45, 7) is 0.356. The molecule has 0 aliphatic heterocycles. The molecule has 0 spiro atoms. The molecule has 0 unspecified atom stereocenters. The maximum atomic E-state index is 12.1. The zero-order chi connectivity index (χ0) is 13.8. The second-order valence-electron chi connectivity index (χ2n) is 5.33. The normalized spacial score (nSPS) is 16.7. The standard InChI is InChI=1S/C15H21NO3/c1-16(12-5-3-2-4-6-12)10-15(19)11-7-8-13(17)14(18)9-11/h7-9,12,17-18H,2-6,10H2,1H3. The van der Waals surface area contributed by atoms with Gasteiger partial charge in [0.15, 0.2) is 17.3 Å². The van der Waals surface area contributed by atoms with Gasteiger partial charge >= 0.3 is 0 Å². The van der Waals surface area contributed by atoms with Gasteiger partial charge < -0.3 is 10.2 Å². The fraction of sp³-hybridized carbons (Fsp3) is 0.533. The number of benzene rings is 1. The van der Waals surface area contributed by atoms with E-state index in [9.17, 15) is 15.0 Å². The molecule has 1 aliphatic carbocycles. The van der Waals surface area contributed by atoms with Gasteiger partial charge in [-0.15, -0.1) is 0 Å². The third kappa shape index (κ3) is 3.47. The summed E-state index contributed by atoms with van der Waals surface area (Å²) in [6.07, 6.45) is 6.09. The number of hydrogen-bond acceptors (Lipinski definition) is 4. The molecular formula is C15H21NO3. The fourth-order valence-corrected chi connectivity index (χ4v) is 2.67. The van der Waals surface area contributed by atoms with Crippen LogP contribution in [0.4, 0.5) is 0 Å². The Kier molecular flexibility index (Phi) is 4.43. The Morgan fingerprint density at radius 3 is 2.53 bits per heavy atom. The van der Waals surface area contributed by atoms with Crippen LogP contribution in [0.1, 0.15) is 42.5 Å². The molecule has 0 aromatic heterocycles. The van der Waals surface area contributed by atoms with Gasteiger partial charge in [-0.2, -0.15) is 0 Å². The fourth-order valence-electron chi connectivity index (χ4n) is 2.67. The van der Waals surface area contributed by atoms with Crippen LogP contribution >= 0.6 is 0 Å². The maximum absolute atomic E-state index is 12.1. The number of carbonyl (C=O) groups excluding carboxylic acids is 1. The Hall–Kier alpha value is -1.55. The van der Waals surface area contributed by atoms with Crippen molar-refractivity contribution in [3.63, 3.8) is 0 Å². The lowest BCUT2D eigenvalue weighted by atomic mass is 9.94. The van der Waals surface area contributed by atoms with E-state index in [0.29, 0.717) is 18.2 Å². The van der Waals surface area contributed by atoms with Crippen LogP contribution in [-0.2, 0) is 0 Å². The van der Waals surface area contributed by atoms with Gasteiger partial charge in [-0.1, -0.05) is 19.3 Å². The van der Waals surface area contributed by atoms with E-state index in [1.54, 1.807) is 6.07 Å². The van der Waals surface area contributed by atoms with E-state index >= 15 is 0 Å². The monoisotopic (exact) mass is 263 g/mol. The predicted octanol–water partition coefficient (Wildman–Crippen LogP) is 2.55. The molecule has 4 heteroatoms. The van der Waals surface area contributed by atoms with Crippen molar-refractivity contribution >= 4 is 5.78 Å². The highest BCUT2D eigenvalue weighted by Crippen LogP contribution is 2.26. The Balaban J connectivity index is 1.97. The van der Waals surface area contributed by atoms with Crippen molar-refractivity contribution in [1.82, 2.24) is 4.90 Å². The van der Waals surface area contributed by atoms with E-state index in [-0.39, 0.29) is 17.3 Å². The largest absolute Gasteiger partial charge is 0.504 e. The zero-order valence-corrected chi connectivity index (χ0v) is 11.3. The van der Waals surface area contributed by atoms with E-state index in [1.807, 2.05) is 7.05 Å². The molecule has 0 amide bonds. The molecular weight excluding hydrogens is 242 g/mol. The molecule has 2 rings (SSSR count). The lowest BCUT2D eigenvalue weighted by Gasteiger charge is -2.30. The van der Waals surface area contributed by atoms with Gasteiger partial charge in [-0.05, 0) is 38.1 Å². The molecule has 0 radical (unpaired) electrons. The number of carbonyl (C=O) groups is 1. The van der Waals surface area contributed by atoms with E-state index in [4.69, 9.17) is 0 Å². The van der Waals surface area contributed by atoms with Crippen LogP contribution in [-0.4, -0.2) is 40.5 Å². The van der Waals surface area contributed by atoms with Gasteiger partial charge in [-0.25, -0.2) is 0 Å². The summed E-state index contributed by atoms with van der Waals surface area (Å²) in [5.74, 6) is -0.466. The summed E-state index contributed by atoms with van der Waals surface area (Å²) >= 11 is 0. The van der Waals surface area contributed by atoms with E-state index in [1.165, 1.54) is 31.4 Å². The lowest BCUT2D eigenvalue weighted by molar-refractivity contribution is 0.0899. The van der Waals surface area contributed by atoms with Crippen molar-refractivity contribution in [2.75, 3.05) is 13.6 Å². The number of hydrogen-bond donors (Lipinski definition) is 2. The first-order valence-electron chi connectivity index (χ1n) is 6.83. The van der Waals surface area contributed by atoms with Crippen molar-refractivity contribution in [2.45, 2.75) is 38.1 Å². The number of nitrogens with zero attached hydrogens (tertiary/aromatic N) is 1. The summed E-state index contributed by atoms with van der Waals surface area (Å²) < 4.78 is 0. The Labute approximate surface area is 113 Å². The van der Waals surface area contributed by atoms with Crippen LogP contribution in [0.2, 0.25) is 0 Å². The van der Waals surface area contributed by atoms with Crippen molar-refractivity contribution in [3.05, 3.63) is 23.8 Å². The van der Waals surface area contributed by atoms with Crippen LogP contribution in [0.3, 0.4) is 0 Å². The van der Waals surface area contributed by atoms with Crippen LogP contribution in [0.5, 0.6) is 11.5 Å². The highest BCUT2D eigenvalue weighted by atomic mass is 16.3. The molecule has 0 saturated heterocycles. The Morgan fingerprint density at radius 1 is 1.21 bits per heavy atom. The second-order valence-corrected chi connectivity index (χ2v) is 5.33. The van der Waals surface area contributed by atoms with Crippen molar-refractivity contribution < 1.29 is 15.0 Å². The molecule has 1 aromatic carbocycles. The smallest absolute Gasteiger partial charge is 0.176 e. The van der Waals surface area contributed by atoms with Gasteiger partial charge in [0.2, 0.25) is 0 Å². The molecule has 104 valence electrons. The highest BCUT2D eigenvalue weighted by Gasteiger charge is 2.20. The summed E-state index contributed by atoms with van der Waals surface area (Å²) in [5, 5.41) is 18.7. The molecule has 0 bridgehead atoms. The van der Waals surface area contributed by atoms with E-state index in [0.717, 1.165) is 12.8 Å². The third-order valence-electron chi connectivity index (χ3n) is 3.89. The maximum Gasteiger partial charge on any atom is 0.176 e. The van der Waals surface area contributed by atoms with Crippen molar-refractivity contribution in [1.29, 1.82) is 0 Å². The number of ketones is 1. The number of phenolic OH excluding ortho intramolecular Hbond substituents is 2. The topological polar surface area (TPSA) is 60.8 Å². The summed E-state index contributed by atoms with van der Waals surface area (Å²) in [6, 6.07) is 4.71. The third-order valence-corrected chi connectivity index (χ3v) is 3.89. The van der Waals surface area contributed by atoms with Gasteiger partial charge in [0.05, 0.1) is 6.54 Å². The molecule has 0 atom stereocenters. The average Bonchev–Trinajstić information content (AvgIpc) is 2.42. The van der Waals surface area contributed by atoms with Crippen molar-refractivity contribution in [2.24, 2.45) is 0 Å². The zero-order valence-electron chi connectivity index (χ0n) is 11.3. The SMILES string of the molecule is CN(CC(=O)c1ccc(O)c(O)c1)C1CCCCC1. The molecule has 4 nitrogen and oxygen atoms in total. The molecule has 1 fully saturated rings. The predicted molar refractivity (Wildman–Crippen MR) is 73.6 cm³/mol. The minimum Gasteiger partial charge on any atom is -0.504 e.